The van der Waals surface area contributed by atoms with Crippen LogP contribution in [0.5, 0.6) is 0 Å². The van der Waals surface area contributed by atoms with E-state index in [1.54, 1.807) is 12.4 Å². The van der Waals surface area contributed by atoms with Crippen LogP contribution in [0.2, 0.25) is 0 Å². The summed E-state index contributed by atoms with van der Waals surface area (Å²) < 4.78 is 0. The van der Waals surface area contributed by atoms with Gasteiger partial charge < -0.3 is 31.1 Å². The molecule has 1 aromatic rings. The van der Waals surface area contributed by atoms with E-state index in [4.69, 9.17) is 10.4 Å². The zero-order chi connectivity index (χ0) is 24.7. The van der Waals surface area contributed by atoms with Gasteiger partial charge in [0.25, 0.3) is 0 Å². The van der Waals surface area contributed by atoms with Gasteiger partial charge in [0.05, 0.1) is 22.8 Å². The molecular formula is C23H34CoN5O4. The first kappa shape index (κ1) is 32.3. The molecule has 2 atom stereocenters. The minimum absolute atomic E-state index is 0. The monoisotopic (exact) mass is 503 g/mol. The van der Waals surface area contributed by atoms with Gasteiger partial charge in [0, 0.05) is 12.4 Å². The summed E-state index contributed by atoms with van der Waals surface area (Å²) in [6, 6.07) is 5.72. The number of aromatic nitrogens is 1. The molecule has 3 aliphatic rings. The Hall–Kier alpha value is -2.85. The maximum Gasteiger partial charge on any atom is 3.00 e. The normalized spacial score (nSPS) is 21.1. The van der Waals surface area contributed by atoms with E-state index in [0.29, 0.717) is 5.41 Å². The van der Waals surface area contributed by atoms with Crippen LogP contribution in [0.1, 0.15) is 54.4 Å². The fourth-order valence-corrected chi connectivity index (χ4v) is 3.07. The van der Waals surface area contributed by atoms with E-state index in [0.717, 1.165) is 11.8 Å². The Kier molecular flexibility index (Phi) is 16.4. The zero-order valence-corrected chi connectivity index (χ0v) is 21.1. The van der Waals surface area contributed by atoms with Crippen LogP contribution in [0, 0.1) is 34.6 Å². The Balaban J connectivity index is 0. The molecule has 0 aromatic carbocycles. The average Bonchev–Trinajstić information content (AvgIpc) is 2.83. The van der Waals surface area contributed by atoms with Crippen molar-refractivity contribution in [3.63, 3.8) is 0 Å². The van der Waals surface area contributed by atoms with E-state index in [2.05, 4.69) is 52.5 Å². The summed E-state index contributed by atoms with van der Waals surface area (Å²) in [5, 5.41) is 45.8. The number of fused-ring (bicyclic) bond motifs is 1. The van der Waals surface area contributed by atoms with Gasteiger partial charge in [0.1, 0.15) is 0 Å². The van der Waals surface area contributed by atoms with Gasteiger partial charge in [-0.1, -0.05) is 36.6 Å². The van der Waals surface area contributed by atoms with Crippen molar-refractivity contribution >= 4 is 22.8 Å². The van der Waals surface area contributed by atoms with Gasteiger partial charge in [-0.05, 0) is 63.5 Å². The van der Waals surface area contributed by atoms with E-state index < -0.39 is 0 Å². The third-order valence-corrected chi connectivity index (χ3v) is 5.77. The molecule has 1 heterocycles. The van der Waals surface area contributed by atoms with Crippen LogP contribution >= 0.6 is 0 Å². The SMILES string of the molecule is CC(=N/[O-])/C(C)=N/O.CC(=N\[O-])/C(C)=N/O.[CH2-]C1=CC[C@@H]2C[C@H]1C2(C)C.[Co+3].c1ccncc1. The zero-order valence-electron chi connectivity index (χ0n) is 20.0. The molecule has 0 saturated heterocycles. The summed E-state index contributed by atoms with van der Waals surface area (Å²) in [6.45, 7) is 14.8. The third kappa shape index (κ3) is 11.0. The molecule has 9 nitrogen and oxygen atoms in total. The molecule has 10 heteroatoms. The first-order valence-electron chi connectivity index (χ1n) is 10.2. The van der Waals surface area contributed by atoms with Gasteiger partial charge in [0.15, 0.2) is 0 Å². The largest absolute Gasteiger partial charge is 3.00 e. The fraction of sp³-hybridized carbons (Fsp3) is 0.478. The van der Waals surface area contributed by atoms with Crippen LogP contribution in [0.4, 0.5) is 0 Å². The molecule has 184 valence electrons. The Morgan fingerprint density at radius 2 is 1.39 bits per heavy atom. The quantitative estimate of drug-likeness (QED) is 0.237. The second-order valence-electron chi connectivity index (χ2n) is 8.07. The Labute approximate surface area is 206 Å². The van der Waals surface area contributed by atoms with Crippen molar-refractivity contribution in [3.8, 4) is 0 Å². The topological polar surface area (TPSA) is 149 Å². The maximum atomic E-state index is 9.63. The van der Waals surface area contributed by atoms with Gasteiger partial charge in [-0.2, -0.15) is 0 Å². The molecule has 2 N–H and O–H groups in total. The van der Waals surface area contributed by atoms with E-state index >= 15 is 0 Å². The molecule has 1 saturated carbocycles. The molecule has 2 bridgehead atoms. The smallest absolute Gasteiger partial charge is 0.792 e. The molecule has 4 rings (SSSR count). The predicted octanol–water partition coefficient (Wildman–Crippen LogP) is 5.48. The molecule has 1 aromatic heterocycles. The number of oxime groups is 2. The number of pyridine rings is 1. The van der Waals surface area contributed by atoms with Gasteiger partial charge >= 0.3 is 16.8 Å². The standard InChI is InChI=1S/C10H15.C5H5N.2C4H8N2O2.Co/c1-7-4-5-8-6-9(7)10(8,2)3;1-2-4-6-5-3-1;2*1-3(5-7)4(2)6-8;/h4,8-9H,1,5-6H2,2-3H3;1-5H;2*7-8H,1-2H3;/q-1;;;;+3/p-2/b;;5-3+,6-4+;5-3-,6-4+;/t8-,9-;;;;/m1..../s1. The second kappa shape index (κ2) is 16.7. The summed E-state index contributed by atoms with van der Waals surface area (Å²) in [4.78, 5) is 3.78. The number of rotatable bonds is 2. The molecule has 1 fully saturated rings. The number of nitrogens with zero attached hydrogens (tertiary/aromatic N) is 5. The Bertz CT molecular complexity index is 746. The van der Waals surface area contributed by atoms with Gasteiger partial charge in [-0.15, -0.1) is 0 Å². The van der Waals surface area contributed by atoms with Crippen LogP contribution in [-0.2, 0) is 16.8 Å². The molecule has 0 aliphatic heterocycles. The van der Waals surface area contributed by atoms with Crippen molar-refractivity contribution in [3.05, 3.63) is 59.6 Å². The Morgan fingerprint density at radius 3 is 1.55 bits per heavy atom. The van der Waals surface area contributed by atoms with Crippen molar-refractivity contribution in [1.29, 1.82) is 0 Å². The van der Waals surface area contributed by atoms with Crippen molar-refractivity contribution in [2.24, 2.45) is 37.9 Å². The minimum Gasteiger partial charge on any atom is -0.792 e. The van der Waals surface area contributed by atoms with E-state index in [9.17, 15) is 10.4 Å². The molecule has 3 aliphatic carbocycles. The van der Waals surface area contributed by atoms with Crippen molar-refractivity contribution in [2.45, 2.75) is 54.4 Å². The summed E-state index contributed by atoms with van der Waals surface area (Å²) >= 11 is 0. The first-order chi connectivity index (χ1) is 15.1. The van der Waals surface area contributed by atoms with Crippen LogP contribution in [0.3, 0.4) is 0 Å². The minimum atomic E-state index is 0. The fourth-order valence-electron chi connectivity index (χ4n) is 3.07. The van der Waals surface area contributed by atoms with Gasteiger partial charge in [-0.3, -0.25) is 4.98 Å². The molecule has 0 unspecified atom stereocenters. The van der Waals surface area contributed by atoms with Crippen LogP contribution < -0.4 is 0 Å². The van der Waals surface area contributed by atoms with E-state index in [-0.39, 0.29) is 39.6 Å². The summed E-state index contributed by atoms with van der Waals surface area (Å²) in [5.74, 6) is 1.77. The van der Waals surface area contributed by atoms with E-state index in [1.165, 1.54) is 46.1 Å². The number of allylic oxidation sites excluding steroid dienone is 2. The second-order valence-corrected chi connectivity index (χ2v) is 8.07. The first-order valence-corrected chi connectivity index (χ1v) is 10.2. The van der Waals surface area contributed by atoms with E-state index in [1.807, 2.05) is 18.2 Å². The predicted molar refractivity (Wildman–Crippen MR) is 130 cm³/mol. The van der Waals surface area contributed by atoms with Crippen LogP contribution in [0.25, 0.3) is 0 Å². The summed E-state index contributed by atoms with van der Waals surface area (Å²) in [6.07, 6.45) is 8.51. The molecule has 33 heavy (non-hydrogen) atoms. The van der Waals surface area contributed by atoms with Gasteiger partial charge in [-0.25, -0.2) is 18.6 Å². The summed E-state index contributed by atoms with van der Waals surface area (Å²) in [7, 11) is 0. The molecule has 0 spiro atoms. The van der Waals surface area contributed by atoms with Crippen molar-refractivity contribution in [2.75, 3.05) is 0 Å². The molecule has 0 amide bonds. The van der Waals surface area contributed by atoms with Crippen molar-refractivity contribution in [1.82, 2.24) is 4.98 Å². The summed E-state index contributed by atoms with van der Waals surface area (Å²) in [5.41, 5.74) is 2.87. The molecule has 0 radical (unpaired) electrons. The number of hydrogen-bond donors (Lipinski definition) is 2. The molecular weight excluding hydrogens is 469 g/mol. The van der Waals surface area contributed by atoms with Crippen LogP contribution in [-0.4, -0.2) is 38.2 Å². The number of hydrogen-bond acceptors (Lipinski definition) is 9. The third-order valence-electron chi connectivity index (χ3n) is 5.77. The van der Waals surface area contributed by atoms with Crippen molar-refractivity contribution < 1.29 is 27.2 Å². The van der Waals surface area contributed by atoms with Gasteiger partial charge in [0.2, 0.25) is 0 Å². The van der Waals surface area contributed by atoms with Crippen LogP contribution in [0.15, 0.2) is 62.9 Å². The average molecular weight is 503 g/mol. The Morgan fingerprint density at radius 1 is 0.939 bits per heavy atom. The maximum absolute atomic E-state index is 9.63.